The average molecular weight is 225 g/mol. The molecular weight excluding hydrogens is 206 g/mol. The van der Waals surface area contributed by atoms with Gasteiger partial charge in [0.2, 0.25) is 11.9 Å². The Kier molecular flexibility index (Phi) is 4.28. The van der Waals surface area contributed by atoms with Gasteiger partial charge in [0.15, 0.2) is 0 Å². The van der Waals surface area contributed by atoms with Gasteiger partial charge < -0.3 is 15.0 Å². The molecule has 16 heavy (non-hydrogen) atoms. The summed E-state index contributed by atoms with van der Waals surface area (Å²) in [5, 5.41) is 2.89. The Balaban J connectivity index is 3.00. The maximum atomic E-state index is 5.46. The molecule has 0 saturated carbocycles. The molecule has 6 heteroatoms. The van der Waals surface area contributed by atoms with Crippen LogP contribution in [-0.2, 0) is 0 Å². The fraction of sp³-hybridized carbons (Fsp3) is 0.700. The lowest BCUT2D eigenvalue weighted by Gasteiger charge is -2.16. The zero-order chi connectivity index (χ0) is 12.1. The molecule has 6 nitrogen and oxygen atoms in total. The van der Waals surface area contributed by atoms with E-state index in [1.807, 2.05) is 32.7 Å². The van der Waals surface area contributed by atoms with Crippen LogP contribution in [0.4, 0.5) is 11.9 Å². The zero-order valence-corrected chi connectivity index (χ0v) is 10.5. The van der Waals surface area contributed by atoms with E-state index in [1.54, 1.807) is 7.05 Å². The lowest BCUT2D eigenvalue weighted by molar-refractivity contribution is 0.222. The summed E-state index contributed by atoms with van der Waals surface area (Å²) in [6.07, 6.45) is 0.0480. The third kappa shape index (κ3) is 3.22. The van der Waals surface area contributed by atoms with Crippen LogP contribution in [0.1, 0.15) is 20.8 Å². The standard InChI is InChI=1S/C10H19N5O/c1-6-15(5)9-12-8(11-4)13-10(14-9)16-7(2)3/h7H,6H2,1-5H3,(H,11,12,13,14). The molecule has 0 aliphatic heterocycles. The van der Waals surface area contributed by atoms with E-state index in [9.17, 15) is 0 Å². The molecule has 1 aromatic rings. The van der Waals surface area contributed by atoms with E-state index < -0.39 is 0 Å². The predicted octanol–water partition coefficient (Wildman–Crippen LogP) is 1.16. The second-order valence-electron chi connectivity index (χ2n) is 3.67. The molecule has 1 N–H and O–H groups in total. The van der Waals surface area contributed by atoms with Gasteiger partial charge in [0.1, 0.15) is 0 Å². The molecule has 0 radical (unpaired) electrons. The van der Waals surface area contributed by atoms with Gasteiger partial charge in [-0.1, -0.05) is 0 Å². The van der Waals surface area contributed by atoms with Crippen LogP contribution >= 0.6 is 0 Å². The number of rotatable bonds is 5. The molecule has 90 valence electrons. The highest BCUT2D eigenvalue weighted by Gasteiger charge is 2.10. The number of anilines is 2. The molecule has 0 amide bonds. The van der Waals surface area contributed by atoms with Crippen molar-refractivity contribution >= 4 is 11.9 Å². The quantitative estimate of drug-likeness (QED) is 0.811. The zero-order valence-electron chi connectivity index (χ0n) is 10.5. The minimum Gasteiger partial charge on any atom is -0.461 e. The van der Waals surface area contributed by atoms with E-state index in [0.717, 1.165) is 6.54 Å². The molecule has 1 rings (SSSR count). The van der Waals surface area contributed by atoms with Gasteiger partial charge in [-0.2, -0.15) is 15.0 Å². The van der Waals surface area contributed by atoms with Crippen molar-refractivity contribution in [3.63, 3.8) is 0 Å². The van der Waals surface area contributed by atoms with Crippen molar-refractivity contribution in [2.75, 3.05) is 30.9 Å². The van der Waals surface area contributed by atoms with Crippen LogP contribution in [0.3, 0.4) is 0 Å². The van der Waals surface area contributed by atoms with Crippen molar-refractivity contribution in [2.24, 2.45) is 0 Å². The van der Waals surface area contributed by atoms with E-state index in [1.165, 1.54) is 0 Å². The highest BCUT2D eigenvalue weighted by atomic mass is 16.5. The Morgan fingerprint density at radius 1 is 1.31 bits per heavy atom. The van der Waals surface area contributed by atoms with Crippen LogP contribution in [0.2, 0.25) is 0 Å². The number of ether oxygens (including phenoxy) is 1. The summed E-state index contributed by atoms with van der Waals surface area (Å²) in [7, 11) is 3.69. The fourth-order valence-corrected chi connectivity index (χ4v) is 1.03. The molecule has 0 saturated heterocycles. The highest BCUT2D eigenvalue weighted by molar-refractivity contribution is 5.37. The molecule has 0 spiro atoms. The Bertz CT molecular complexity index is 342. The Morgan fingerprint density at radius 3 is 2.50 bits per heavy atom. The minimum absolute atomic E-state index is 0.0480. The first-order valence-corrected chi connectivity index (χ1v) is 5.38. The monoisotopic (exact) mass is 225 g/mol. The number of hydrogen-bond donors (Lipinski definition) is 1. The molecule has 1 aromatic heterocycles. The summed E-state index contributed by atoms with van der Waals surface area (Å²) in [6.45, 7) is 6.73. The number of nitrogens with one attached hydrogen (secondary N) is 1. The Morgan fingerprint density at radius 2 is 2.00 bits per heavy atom. The van der Waals surface area contributed by atoms with Gasteiger partial charge >= 0.3 is 6.01 Å². The van der Waals surface area contributed by atoms with Crippen LogP contribution in [0.5, 0.6) is 6.01 Å². The highest BCUT2D eigenvalue weighted by Crippen LogP contribution is 2.14. The molecule has 0 aromatic carbocycles. The van der Waals surface area contributed by atoms with Gasteiger partial charge in [-0.15, -0.1) is 0 Å². The number of aromatic nitrogens is 3. The molecule has 0 aliphatic carbocycles. The van der Waals surface area contributed by atoms with Crippen LogP contribution in [0.15, 0.2) is 0 Å². The van der Waals surface area contributed by atoms with Gasteiger partial charge in [0, 0.05) is 20.6 Å². The Hall–Kier alpha value is -1.59. The second kappa shape index (κ2) is 5.48. The second-order valence-corrected chi connectivity index (χ2v) is 3.67. The number of hydrogen-bond acceptors (Lipinski definition) is 6. The van der Waals surface area contributed by atoms with E-state index in [2.05, 4.69) is 20.3 Å². The molecule has 0 bridgehead atoms. The summed E-state index contributed by atoms with van der Waals surface area (Å²) in [6, 6.07) is 0.352. The van der Waals surface area contributed by atoms with Gasteiger partial charge in [0.25, 0.3) is 0 Å². The number of nitrogens with zero attached hydrogens (tertiary/aromatic N) is 4. The molecule has 0 unspecified atom stereocenters. The molecule has 1 heterocycles. The van der Waals surface area contributed by atoms with Gasteiger partial charge in [-0.3, -0.25) is 0 Å². The van der Waals surface area contributed by atoms with Gasteiger partial charge in [-0.25, -0.2) is 0 Å². The van der Waals surface area contributed by atoms with Crippen LogP contribution < -0.4 is 15.0 Å². The summed E-state index contributed by atoms with van der Waals surface area (Å²) in [5.41, 5.74) is 0. The maximum Gasteiger partial charge on any atom is 0.323 e. The van der Waals surface area contributed by atoms with Gasteiger partial charge in [-0.05, 0) is 20.8 Å². The molecule has 0 aliphatic rings. The smallest absolute Gasteiger partial charge is 0.323 e. The first kappa shape index (κ1) is 12.5. The average Bonchev–Trinajstić information content (AvgIpc) is 2.26. The normalized spacial score (nSPS) is 10.4. The van der Waals surface area contributed by atoms with Crippen molar-refractivity contribution in [3.05, 3.63) is 0 Å². The lowest BCUT2D eigenvalue weighted by atomic mass is 10.5. The van der Waals surface area contributed by atoms with Crippen molar-refractivity contribution in [2.45, 2.75) is 26.9 Å². The van der Waals surface area contributed by atoms with Crippen LogP contribution in [-0.4, -0.2) is 41.7 Å². The van der Waals surface area contributed by atoms with E-state index in [4.69, 9.17) is 4.74 Å². The van der Waals surface area contributed by atoms with Crippen LogP contribution in [0, 0.1) is 0 Å². The largest absolute Gasteiger partial charge is 0.461 e. The summed E-state index contributed by atoms with van der Waals surface area (Å²) in [4.78, 5) is 14.5. The van der Waals surface area contributed by atoms with Crippen molar-refractivity contribution in [3.8, 4) is 6.01 Å². The van der Waals surface area contributed by atoms with Crippen molar-refractivity contribution < 1.29 is 4.74 Å². The topological polar surface area (TPSA) is 63.2 Å². The SMILES string of the molecule is CCN(C)c1nc(NC)nc(OC(C)C)n1. The maximum absolute atomic E-state index is 5.46. The lowest BCUT2D eigenvalue weighted by Crippen LogP contribution is -2.21. The first-order chi connectivity index (χ1) is 7.56. The molecule has 0 atom stereocenters. The third-order valence-electron chi connectivity index (χ3n) is 1.98. The predicted molar refractivity (Wildman–Crippen MR) is 64.1 cm³/mol. The summed E-state index contributed by atoms with van der Waals surface area (Å²) >= 11 is 0. The van der Waals surface area contributed by atoms with Crippen LogP contribution in [0.25, 0.3) is 0 Å². The molecular formula is C10H19N5O. The van der Waals surface area contributed by atoms with Crippen molar-refractivity contribution in [1.82, 2.24) is 15.0 Å². The van der Waals surface area contributed by atoms with E-state index in [0.29, 0.717) is 17.9 Å². The minimum atomic E-state index is 0.0480. The molecule has 0 fully saturated rings. The fourth-order valence-electron chi connectivity index (χ4n) is 1.03. The van der Waals surface area contributed by atoms with Gasteiger partial charge in [0.05, 0.1) is 6.10 Å². The van der Waals surface area contributed by atoms with Crippen molar-refractivity contribution in [1.29, 1.82) is 0 Å². The summed E-state index contributed by atoms with van der Waals surface area (Å²) in [5.74, 6) is 1.12. The van der Waals surface area contributed by atoms with E-state index >= 15 is 0 Å². The Labute approximate surface area is 96.1 Å². The summed E-state index contributed by atoms with van der Waals surface area (Å²) < 4.78 is 5.46. The third-order valence-corrected chi connectivity index (χ3v) is 1.98. The van der Waals surface area contributed by atoms with E-state index in [-0.39, 0.29) is 6.10 Å². The first-order valence-electron chi connectivity index (χ1n) is 5.38.